The Labute approximate surface area is 190 Å². The van der Waals surface area contributed by atoms with Crippen molar-refractivity contribution >= 4 is 11.9 Å². The fraction of sp³-hybridized carbons (Fsp3) is 0.462. The number of unbranched alkanes of at least 4 members (excludes halogenated alkanes) is 3. The van der Waals surface area contributed by atoms with Crippen LogP contribution in [0.3, 0.4) is 0 Å². The van der Waals surface area contributed by atoms with Crippen molar-refractivity contribution in [3.05, 3.63) is 60.7 Å². The Bertz CT molecular complexity index is 682. The average Bonchev–Trinajstić information content (AvgIpc) is 2.82. The summed E-state index contributed by atoms with van der Waals surface area (Å²) >= 11 is 0. The maximum Gasteiger partial charge on any atom is 0.305 e. The zero-order valence-corrected chi connectivity index (χ0v) is 18.7. The minimum atomic E-state index is -0.222. The van der Waals surface area contributed by atoms with Crippen molar-refractivity contribution in [2.75, 3.05) is 26.4 Å². The molecule has 0 spiro atoms. The van der Waals surface area contributed by atoms with Gasteiger partial charge in [0.15, 0.2) is 0 Å². The molecule has 0 atom stereocenters. The summed E-state index contributed by atoms with van der Waals surface area (Å²) in [5.74, 6) is 1.25. The number of esters is 2. The molecule has 6 heteroatoms. The lowest BCUT2D eigenvalue weighted by Gasteiger charge is -2.07. The first-order chi connectivity index (χ1) is 15.7. The summed E-state index contributed by atoms with van der Waals surface area (Å²) in [5, 5.41) is 0. The number of ether oxygens (including phenoxy) is 4. The van der Waals surface area contributed by atoms with Crippen LogP contribution in [0.15, 0.2) is 60.7 Å². The van der Waals surface area contributed by atoms with Crippen LogP contribution < -0.4 is 9.47 Å². The Morgan fingerprint density at radius 3 is 1.28 bits per heavy atom. The van der Waals surface area contributed by atoms with E-state index in [2.05, 4.69) is 0 Å². The molecule has 2 aromatic carbocycles. The van der Waals surface area contributed by atoms with E-state index in [1.165, 1.54) is 0 Å². The fourth-order valence-corrected chi connectivity index (χ4v) is 2.88. The third-order valence-corrected chi connectivity index (χ3v) is 4.64. The van der Waals surface area contributed by atoms with E-state index in [9.17, 15) is 9.59 Å². The number of para-hydroxylation sites is 2. The van der Waals surface area contributed by atoms with E-state index in [-0.39, 0.29) is 11.9 Å². The van der Waals surface area contributed by atoms with Crippen molar-refractivity contribution in [1.82, 2.24) is 0 Å². The molecule has 0 aliphatic rings. The summed E-state index contributed by atoms with van der Waals surface area (Å²) in [6, 6.07) is 19.3. The number of carbonyl (C=O) groups is 2. The standard InChI is InChI=1S/C26H34O6/c27-25(31-21-11-9-19-29-23-13-3-1-4-14-23)17-7-8-18-26(28)32-22-12-10-20-30-24-15-5-2-6-16-24/h1-6,13-16H,7-12,17-22H2. The van der Waals surface area contributed by atoms with Crippen molar-refractivity contribution in [2.45, 2.75) is 51.4 Å². The van der Waals surface area contributed by atoms with Crippen LogP contribution in [0, 0.1) is 0 Å². The first-order valence-corrected chi connectivity index (χ1v) is 11.4. The van der Waals surface area contributed by atoms with Gasteiger partial charge in [0, 0.05) is 12.8 Å². The minimum Gasteiger partial charge on any atom is -0.494 e. The van der Waals surface area contributed by atoms with Gasteiger partial charge in [0.1, 0.15) is 11.5 Å². The lowest BCUT2D eigenvalue weighted by Crippen LogP contribution is -2.09. The maximum absolute atomic E-state index is 11.7. The second kappa shape index (κ2) is 16.6. The highest BCUT2D eigenvalue weighted by molar-refractivity contribution is 5.70. The van der Waals surface area contributed by atoms with Crippen molar-refractivity contribution in [2.24, 2.45) is 0 Å². The van der Waals surface area contributed by atoms with Gasteiger partial charge < -0.3 is 18.9 Å². The Hall–Kier alpha value is -3.02. The van der Waals surface area contributed by atoms with E-state index in [1.54, 1.807) is 0 Å². The van der Waals surface area contributed by atoms with Crippen LogP contribution in [-0.4, -0.2) is 38.4 Å². The Kier molecular flexibility index (Phi) is 13.1. The number of carbonyl (C=O) groups excluding carboxylic acids is 2. The topological polar surface area (TPSA) is 71.1 Å². The predicted octanol–water partition coefficient (Wildman–Crippen LogP) is 5.35. The minimum absolute atomic E-state index is 0.222. The summed E-state index contributed by atoms with van der Waals surface area (Å²) in [5.41, 5.74) is 0. The largest absolute Gasteiger partial charge is 0.494 e. The average molecular weight is 443 g/mol. The van der Waals surface area contributed by atoms with Crippen LogP contribution in [-0.2, 0) is 19.1 Å². The molecule has 6 nitrogen and oxygen atoms in total. The van der Waals surface area contributed by atoms with Gasteiger partial charge in [-0.2, -0.15) is 0 Å². The molecular formula is C26H34O6. The molecule has 0 aromatic heterocycles. The van der Waals surface area contributed by atoms with Gasteiger partial charge >= 0.3 is 11.9 Å². The zero-order valence-electron chi connectivity index (χ0n) is 18.7. The third kappa shape index (κ3) is 12.6. The predicted molar refractivity (Wildman–Crippen MR) is 123 cm³/mol. The van der Waals surface area contributed by atoms with Gasteiger partial charge in [0.05, 0.1) is 26.4 Å². The number of rotatable bonds is 17. The van der Waals surface area contributed by atoms with Crippen molar-refractivity contribution < 1.29 is 28.5 Å². The molecule has 0 aliphatic carbocycles. The SMILES string of the molecule is O=C(CCCCC(=O)OCCCCOc1ccccc1)OCCCCOc1ccccc1. The summed E-state index contributed by atoms with van der Waals surface area (Å²) in [6.45, 7) is 1.99. The quantitative estimate of drug-likeness (QED) is 0.243. The second-order valence-electron chi connectivity index (χ2n) is 7.39. The van der Waals surface area contributed by atoms with Crippen molar-refractivity contribution in [3.8, 4) is 11.5 Å². The molecule has 2 rings (SSSR count). The summed E-state index contributed by atoms with van der Waals surface area (Å²) in [6.07, 6.45) is 5.07. The van der Waals surface area contributed by atoms with E-state index < -0.39 is 0 Å². The van der Waals surface area contributed by atoms with Crippen LogP contribution in [0.2, 0.25) is 0 Å². The lowest BCUT2D eigenvalue weighted by atomic mass is 10.2. The van der Waals surface area contributed by atoms with E-state index in [0.29, 0.717) is 52.1 Å². The molecule has 0 fully saturated rings. The fourth-order valence-electron chi connectivity index (χ4n) is 2.88. The van der Waals surface area contributed by atoms with Crippen LogP contribution in [0.5, 0.6) is 11.5 Å². The molecular weight excluding hydrogens is 408 g/mol. The van der Waals surface area contributed by atoms with E-state index >= 15 is 0 Å². The zero-order chi connectivity index (χ0) is 22.7. The molecule has 0 saturated carbocycles. The molecule has 174 valence electrons. The van der Waals surface area contributed by atoms with Gasteiger partial charge in [-0.25, -0.2) is 0 Å². The molecule has 0 aliphatic heterocycles. The Morgan fingerprint density at radius 2 is 0.875 bits per heavy atom. The van der Waals surface area contributed by atoms with E-state index in [0.717, 1.165) is 37.2 Å². The van der Waals surface area contributed by atoms with Gasteiger partial charge in [0.2, 0.25) is 0 Å². The van der Waals surface area contributed by atoms with E-state index in [4.69, 9.17) is 18.9 Å². The molecule has 0 N–H and O–H groups in total. The van der Waals surface area contributed by atoms with Gasteiger partial charge in [-0.15, -0.1) is 0 Å². The smallest absolute Gasteiger partial charge is 0.305 e. The highest BCUT2D eigenvalue weighted by Crippen LogP contribution is 2.10. The summed E-state index contributed by atoms with van der Waals surface area (Å²) in [7, 11) is 0. The van der Waals surface area contributed by atoms with Gasteiger partial charge in [0.25, 0.3) is 0 Å². The first kappa shape index (κ1) is 25.2. The normalized spacial score (nSPS) is 10.4. The summed E-state index contributed by atoms with van der Waals surface area (Å²) in [4.78, 5) is 23.5. The van der Waals surface area contributed by atoms with Gasteiger partial charge in [-0.1, -0.05) is 36.4 Å². The second-order valence-corrected chi connectivity index (χ2v) is 7.39. The third-order valence-electron chi connectivity index (χ3n) is 4.64. The first-order valence-electron chi connectivity index (χ1n) is 11.4. The van der Waals surface area contributed by atoms with Crippen molar-refractivity contribution in [3.63, 3.8) is 0 Å². The highest BCUT2D eigenvalue weighted by Gasteiger charge is 2.06. The Morgan fingerprint density at radius 1 is 0.500 bits per heavy atom. The highest BCUT2D eigenvalue weighted by atomic mass is 16.5. The molecule has 0 heterocycles. The molecule has 32 heavy (non-hydrogen) atoms. The monoisotopic (exact) mass is 442 g/mol. The molecule has 0 amide bonds. The van der Waals surface area contributed by atoms with E-state index in [1.807, 2.05) is 60.7 Å². The van der Waals surface area contributed by atoms with Crippen LogP contribution in [0.25, 0.3) is 0 Å². The molecule has 0 radical (unpaired) electrons. The lowest BCUT2D eigenvalue weighted by molar-refractivity contribution is -0.146. The molecule has 0 bridgehead atoms. The molecule has 0 unspecified atom stereocenters. The molecule has 2 aromatic rings. The van der Waals surface area contributed by atoms with Crippen LogP contribution >= 0.6 is 0 Å². The van der Waals surface area contributed by atoms with Crippen LogP contribution in [0.4, 0.5) is 0 Å². The maximum atomic E-state index is 11.7. The number of hydrogen-bond donors (Lipinski definition) is 0. The Balaban J connectivity index is 1.34. The molecule has 0 saturated heterocycles. The summed E-state index contributed by atoms with van der Waals surface area (Å²) < 4.78 is 21.6. The van der Waals surface area contributed by atoms with Crippen LogP contribution in [0.1, 0.15) is 51.4 Å². The van der Waals surface area contributed by atoms with Gasteiger partial charge in [-0.05, 0) is 62.8 Å². The number of hydrogen-bond acceptors (Lipinski definition) is 6. The number of benzene rings is 2. The van der Waals surface area contributed by atoms with Crippen molar-refractivity contribution in [1.29, 1.82) is 0 Å². The van der Waals surface area contributed by atoms with Gasteiger partial charge in [-0.3, -0.25) is 9.59 Å².